The highest BCUT2D eigenvalue weighted by atomic mass is 32.2. The number of nitrogens with zero attached hydrogens (tertiary/aromatic N) is 1. The van der Waals surface area contributed by atoms with Gasteiger partial charge in [-0.1, -0.05) is 36.4 Å². The van der Waals surface area contributed by atoms with Crippen LogP contribution in [0.3, 0.4) is 0 Å². The molecule has 0 radical (unpaired) electrons. The van der Waals surface area contributed by atoms with Crippen molar-refractivity contribution in [2.45, 2.75) is 44.9 Å². The minimum absolute atomic E-state index is 0.0879. The van der Waals surface area contributed by atoms with E-state index in [-0.39, 0.29) is 18.2 Å². The predicted molar refractivity (Wildman–Crippen MR) is 168 cm³/mol. The average molecular weight is 609 g/mol. The van der Waals surface area contributed by atoms with Gasteiger partial charge < -0.3 is 30.5 Å². The van der Waals surface area contributed by atoms with E-state index in [1.54, 1.807) is 18.2 Å². The van der Waals surface area contributed by atoms with E-state index < -0.39 is 22.2 Å². The van der Waals surface area contributed by atoms with Crippen molar-refractivity contribution in [2.24, 2.45) is 0 Å². The molecule has 11 heteroatoms. The molecule has 10 nitrogen and oxygen atoms in total. The van der Waals surface area contributed by atoms with Crippen LogP contribution in [0.25, 0.3) is 0 Å². The van der Waals surface area contributed by atoms with Crippen molar-refractivity contribution in [2.75, 3.05) is 48.2 Å². The number of carbonyl (C=O) groups excluding carboxylic acids is 1. The van der Waals surface area contributed by atoms with Crippen LogP contribution >= 0.6 is 0 Å². The second kappa shape index (κ2) is 14.1. The summed E-state index contributed by atoms with van der Waals surface area (Å²) in [6.07, 6.45) is 0.900. The maximum absolute atomic E-state index is 13.7. The second-order valence-electron chi connectivity index (χ2n) is 10.8. The Bertz CT molecular complexity index is 1500. The number of hydrogen-bond acceptors (Lipinski definition) is 8. The summed E-state index contributed by atoms with van der Waals surface area (Å²) < 4.78 is 38.3. The third-order valence-electron chi connectivity index (χ3n) is 7.57. The normalized spacial score (nSPS) is 17.1. The molecule has 3 aromatic rings. The van der Waals surface area contributed by atoms with Crippen molar-refractivity contribution in [3.63, 3.8) is 0 Å². The Hall–Kier alpha value is -3.80. The molecule has 230 valence electrons. The SMILES string of the molecule is CCNc1cc(C(=O)N[C@@H](Cc2ccccc2)[C@H](O)CNCc2ccc3c(c2)OCCO3)cc(N2CCCCS2(=O)=O)c1. The Morgan fingerprint density at radius 3 is 2.53 bits per heavy atom. The van der Waals surface area contributed by atoms with Crippen LogP contribution in [-0.4, -0.2) is 70.2 Å². The van der Waals surface area contributed by atoms with E-state index in [9.17, 15) is 18.3 Å². The third-order valence-corrected chi connectivity index (χ3v) is 9.44. The van der Waals surface area contributed by atoms with E-state index in [1.807, 2.05) is 55.5 Å². The molecule has 2 aliphatic rings. The molecule has 4 N–H and O–H groups in total. The molecule has 0 saturated carbocycles. The van der Waals surface area contributed by atoms with E-state index >= 15 is 0 Å². The van der Waals surface area contributed by atoms with Gasteiger partial charge in [0, 0.05) is 37.4 Å². The number of aliphatic hydroxyl groups excluding tert-OH is 1. The van der Waals surface area contributed by atoms with Crippen LogP contribution in [0, 0.1) is 0 Å². The number of carbonyl (C=O) groups is 1. The zero-order valence-electron chi connectivity index (χ0n) is 24.4. The van der Waals surface area contributed by atoms with Crippen molar-refractivity contribution in [1.82, 2.24) is 10.6 Å². The number of anilines is 2. The minimum atomic E-state index is -3.46. The number of benzene rings is 3. The van der Waals surface area contributed by atoms with Gasteiger partial charge in [0.05, 0.1) is 23.6 Å². The first kappa shape index (κ1) is 30.7. The predicted octanol–water partition coefficient (Wildman–Crippen LogP) is 3.31. The van der Waals surface area contributed by atoms with Crippen molar-refractivity contribution >= 4 is 27.3 Å². The lowest BCUT2D eigenvalue weighted by atomic mass is 10.00. The first-order valence-electron chi connectivity index (χ1n) is 14.8. The lowest BCUT2D eigenvalue weighted by Gasteiger charge is -2.29. The van der Waals surface area contributed by atoms with Gasteiger partial charge in [0.2, 0.25) is 10.0 Å². The molecule has 1 amide bonds. The summed E-state index contributed by atoms with van der Waals surface area (Å²) in [5.41, 5.74) is 3.40. The van der Waals surface area contributed by atoms with Crippen LogP contribution in [0.1, 0.15) is 41.3 Å². The fourth-order valence-electron chi connectivity index (χ4n) is 5.38. The van der Waals surface area contributed by atoms with Gasteiger partial charge in [-0.3, -0.25) is 9.10 Å². The molecule has 2 atom stereocenters. The summed E-state index contributed by atoms with van der Waals surface area (Å²) in [5.74, 6) is 1.13. The largest absolute Gasteiger partial charge is 0.486 e. The first-order chi connectivity index (χ1) is 20.8. The van der Waals surface area contributed by atoms with Crippen LogP contribution in [0.5, 0.6) is 11.5 Å². The molecule has 5 rings (SSSR count). The average Bonchev–Trinajstić information content (AvgIpc) is 3.01. The van der Waals surface area contributed by atoms with Gasteiger partial charge in [-0.25, -0.2) is 8.42 Å². The van der Waals surface area contributed by atoms with Gasteiger partial charge in [0.25, 0.3) is 5.91 Å². The molecule has 0 bridgehead atoms. The Labute approximate surface area is 253 Å². The first-order valence-corrected chi connectivity index (χ1v) is 16.4. The van der Waals surface area contributed by atoms with E-state index in [1.165, 1.54) is 4.31 Å². The van der Waals surface area contributed by atoms with Crippen molar-refractivity contribution < 1.29 is 27.8 Å². The molecule has 1 saturated heterocycles. The molecular formula is C32H40N4O6S. The molecule has 0 aliphatic carbocycles. The summed E-state index contributed by atoms with van der Waals surface area (Å²) in [7, 11) is -3.46. The van der Waals surface area contributed by atoms with Crippen molar-refractivity contribution in [1.29, 1.82) is 0 Å². The Balaban J connectivity index is 1.31. The van der Waals surface area contributed by atoms with E-state index in [4.69, 9.17) is 9.47 Å². The summed E-state index contributed by atoms with van der Waals surface area (Å²) in [6, 6.07) is 19.9. The molecule has 2 heterocycles. The zero-order valence-corrected chi connectivity index (χ0v) is 25.2. The molecule has 3 aromatic carbocycles. The molecule has 0 aromatic heterocycles. The van der Waals surface area contributed by atoms with Crippen LogP contribution in [0.15, 0.2) is 66.7 Å². The van der Waals surface area contributed by atoms with Gasteiger partial charge >= 0.3 is 0 Å². The van der Waals surface area contributed by atoms with Crippen molar-refractivity contribution in [3.05, 3.63) is 83.4 Å². The quantitative estimate of drug-likeness (QED) is 0.247. The molecule has 0 spiro atoms. The topological polar surface area (TPSA) is 129 Å². The fourth-order valence-corrected chi connectivity index (χ4v) is 7.00. The van der Waals surface area contributed by atoms with Gasteiger partial charge in [0.1, 0.15) is 13.2 Å². The molecule has 0 unspecified atom stereocenters. The Morgan fingerprint density at radius 1 is 0.977 bits per heavy atom. The number of fused-ring (bicyclic) bond motifs is 1. The Morgan fingerprint density at radius 2 is 1.77 bits per heavy atom. The molecule has 43 heavy (non-hydrogen) atoms. The smallest absolute Gasteiger partial charge is 0.251 e. The van der Waals surface area contributed by atoms with Crippen LogP contribution in [0.2, 0.25) is 0 Å². The van der Waals surface area contributed by atoms with Gasteiger partial charge in [-0.15, -0.1) is 0 Å². The standard InChI is InChI=1S/C32H40N4O6S/c1-2-34-26-18-25(19-27(20-26)36-12-6-7-15-43(36,39)40)32(38)35-28(16-23-8-4-3-5-9-23)29(37)22-33-21-24-10-11-30-31(17-24)42-14-13-41-30/h3-5,8-11,17-20,28-29,33-34,37H,2,6-7,12-16,21-22H2,1H3,(H,35,38)/t28-,29+/m0/s1. The number of nitrogens with one attached hydrogen (secondary N) is 3. The molecule has 1 fully saturated rings. The minimum Gasteiger partial charge on any atom is -0.486 e. The molecule has 2 aliphatic heterocycles. The van der Waals surface area contributed by atoms with Crippen LogP contribution in [-0.2, 0) is 23.0 Å². The number of aliphatic hydroxyl groups is 1. The maximum atomic E-state index is 13.7. The summed E-state index contributed by atoms with van der Waals surface area (Å²) in [4.78, 5) is 13.7. The number of ether oxygens (including phenoxy) is 2. The van der Waals surface area contributed by atoms with Crippen LogP contribution < -0.4 is 29.7 Å². The Kier molecular flexibility index (Phi) is 10.1. The number of sulfonamides is 1. The second-order valence-corrected chi connectivity index (χ2v) is 12.9. The number of hydrogen-bond donors (Lipinski definition) is 4. The van der Waals surface area contributed by atoms with Gasteiger partial charge in [0.15, 0.2) is 11.5 Å². The maximum Gasteiger partial charge on any atom is 0.251 e. The van der Waals surface area contributed by atoms with E-state index in [2.05, 4.69) is 16.0 Å². The number of amides is 1. The highest BCUT2D eigenvalue weighted by Crippen LogP contribution is 2.31. The van der Waals surface area contributed by atoms with Crippen LogP contribution in [0.4, 0.5) is 11.4 Å². The lowest BCUT2D eigenvalue weighted by molar-refractivity contribution is 0.0830. The van der Waals surface area contributed by atoms with E-state index in [0.29, 0.717) is 68.4 Å². The monoisotopic (exact) mass is 608 g/mol. The highest BCUT2D eigenvalue weighted by Gasteiger charge is 2.28. The highest BCUT2D eigenvalue weighted by molar-refractivity contribution is 7.92. The fraction of sp³-hybridized carbons (Fsp3) is 0.406. The third kappa shape index (κ3) is 7.98. The molecular weight excluding hydrogens is 568 g/mol. The number of rotatable bonds is 12. The summed E-state index contributed by atoms with van der Waals surface area (Å²) in [6.45, 7) is 4.71. The van der Waals surface area contributed by atoms with Gasteiger partial charge in [-0.05, 0) is 67.6 Å². The van der Waals surface area contributed by atoms with Crippen molar-refractivity contribution in [3.8, 4) is 11.5 Å². The summed E-state index contributed by atoms with van der Waals surface area (Å²) >= 11 is 0. The van der Waals surface area contributed by atoms with E-state index in [0.717, 1.165) is 23.3 Å². The lowest BCUT2D eigenvalue weighted by Crippen LogP contribution is -2.48. The van der Waals surface area contributed by atoms with Gasteiger partial charge in [-0.2, -0.15) is 0 Å². The summed E-state index contributed by atoms with van der Waals surface area (Å²) in [5, 5.41) is 20.8. The zero-order chi connectivity index (χ0) is 30.2.